The molecule has 1 heterocycles. The van der Waals surface area contributed by atoms with Crippen molar-refractivity contribution in [3.05, 3.63) is 41.1 Å². The normalized spacial score (nSPS) is 10.4. The first-order chi connectivity index (χ1) is 7.60. The third-order valence-electron chi connectivity index (χ3n) is 2.54. The zero-order valence-corrected chi connectivity index (χ0v) is 9.69. The molecule has 0 unspecified atom stereocenters. The summed E-state index contributed by atoms with van der Waals surface area (Å²) in [6.07, 6.45) is 0.770. The highest BCUT2D eigenvalue weighted by atomic mass is 16.1. The van der Waals surface area contributed by atoms with Gasteiger partial charge in [-0.3, -0.25) is 9.48 Å². The van der Waals surface area contributed by atoms with Crippen LogP contribution in [-0.2, 0) is 7.05 Å². The molecule has 82 valence electrons. The summed E-state index contributed by atoms with van der Waals surface area (Å²) in [5.41, 5.74) is 4.96. The SMILES string of the molecule is Cc1cc(C)cc(-c2cc(C=O)nn2C)c1. The van der Waals surface area contributed by atoms with Crippen molar-refractivity contribution >= 4 is 6.29 Å². The molecular formula is C13H14N2O. The van der Waals surface area contributed by atoms with Crippen molar-refractivity contribution in [1.82, 2.24) is 9.78 Å². The molecule has 0 atom stereocenters. The van der Waals surface area contributed by atoms with Gasteiger partial charge in [-0.1, -0.05) is 17.2 Å². The molecule has 3 heteroatoms. The number of aromatic nitrogens is 2. The van der Waals surface area contributed by atoms with Gasteiger partial charge < -0.3 is 0 Å². The van der Waals surface area contributed by atoms with Crippen LogP contribution in [0.25, 0.3) is 11.3 Å². The van der Waals surface area contributed by atoms with Gasteiger partial charge in [-0.25, -0.2) is 0 Å². The summed E-state index contributed by atoms with van der Waals surface area (Å²) >= 11 is 0. The molecule has 2 rings (SSSR count). The van der Waals surface area contributed by atoms with Gasteiger partial charge in [0.2, 0.25) is 0 Å². The summed E-state index contributed by atoms with van der Waals surface area (Å²) in [4.78, 5) is 10.7. The highest BCUT2D eigenvalue weighted by molar-refractivity contribution is 5.75. The number of benzene rings is 1. The second-order valence-electron chi connectivity index (χ2n) is 4.07. The fourth-order valence-corrected chi connectivity index (χ4v) is 1.94. The molecule has 0 amide bonds. The minimum absolute atomic E-state index is 0.469. The number of aldehydes is 1. The molecule has 1 aromatic carbocycles. The van der Waals surface area contributed by atoms with Crippen LogP contribution >= 0.6 is 0 Å². The summed E-state index contributed by atoms with van der Waals surface area (Å²) in [5, 5.41) is 4.11. The fourth-order valence-electron chi connectivity index (χ4n) is 1.94. The van der Waals surface area contributed by atoms with Gasteiger partial charge in [0.15, 0.2) is 6.29 Å². The van der Waals surface area contributed by atoms with E-state index in [1.807, 2.05) is 7.05 Å². The molecule has 0 bridgehead atoms. The van der Waals surface area contributed by atoms with E-state index in [0.29, 0.717) is 5.69 Å². The van der Waals surface area contributed by atoms with Crippen LogP contribution in [0.15, 0.2) is 24.3 Å². The van der Waals surface area contributed by atoms with E-state index in [-0.39, 0.29) is 0 Å². The second-order valence-corrected chi connectivity index (χ2v) is 4.07. The maximum atomic E-state index is 10.7. The van der Waals surface area contributed by atoms with Crippen LogP contribution < -0.4 is 0 Å². The van der Waals surface area contributed by atoms with E-state index in [1.54, 1.807) is 10.7 Å². The zero-order valence-electron chi connectivity index (χ0n) is 9.69. The molecule has 0 radical (unpaired) electrons. The largest absolute Gasteiger partial charge is 0.296 e. The number of aryl methyl sites for hydroxylation is 3. The van der Waals surface area contributed by atoms with E-state index >= 15 is 0 Å². The predicted octanol–water partition coefficient (Wildman–Crippen LogP) is 2.52. The number of carbonyl (C=O) groups excluding carboxylic acids is 1. The molecular weight excluding hydrogens is 200 g/mol. The van der Waals surface area contributed by atoms with Gasteiger partial charge in [0.1, 0.15) is 5.69 Å². The first kappa shape index (κ1) is 10.6. The average molecular weight is 214 g/mol. The fraction of sp³-hybridized carbons (Fsp3) is 0.231. The van der Waals surface area contributed by atoms with Crippen molar-refractivity contribution in [1.29, 1.82) is 0 Å². The Hall–Kier alpha value is -1.90. The van der Waals surface area contributed by atoms with Crippen molar-refractivity contribution in [2.24, 2.45) is 7.05 Å². The monoisotopic (exact) mass is 214 g/mol. The molecule has 0 aliphatic rings. The molecule has 0 aliphatic heterocycles. The molecule has 0 spiro atoms. The quantitative estimate of drug-likeness (QED) is 0.720. The van der Waals surface area contributed by atoms with Crippen molar-refractivity contribution in [3.8, 4) is 11.3 Å². The van der Waals surface area contributed by atoms with Gasteiger partial charge in [-0.05, 0) is 32.0 Å². The lowest BCUT2D eigenvalue weighted by Crippen LogP contribution is -1.94. The number of carbonyl (C=O) groups is 1. The molecule has 2 aromatic rings. The number of hydrogen-bond donors (Lipinski definition) is 0. The van der Waals surface area contributed by atoms with Gasteiger partial charge in [-0.2, -0.15) is 5.10 Å². The second kappa shape index (κ2) is 3.93. The molecule has 0 aliphatic carbocycles. The van der Waals surface area contributed by atoms with Gasteiger partial charge in [-0.15, -0.1) is 0 Å². The molecule has 1 aromatic heterocycles. The van der Waals surface area contributed by atoms with Crippen molar-refractivity contribution in [2.75, 3.05) is 0 Å². The van der Waals surface area contributed by atoms with E-state index in [0.717, 1.165) is 17.5 Å². The Bertz CT molecular complexity index is 521. The van der Waals surface area contributed by atoms with Gasteiger partial charge in [0.05, 0.1) is 5.69 Å². The number of hydrogen-bond acceptors (Lipinski definition) is 2. The standard InChI is InChI=1S/C13H14N2O/c1-9-4-10(2)6-11(5-9)13-7-12(8-16)14-15(13)3/h4-8H,1-3H3. The van der Waals surface area contributed by atoms with Crippen LogP contribution in [0.3, 0.4) is 0 Å². The Kier molecular flexibility index (Phi) is 2.60. The van der Waals surface area contributed by atoms with E-state index in [2.05, 4.69) is 37.1 Å². The first-order valence-corrected chi connectivity index (χ1v) is 5.18. The Morgan fingerprint density at radius 1 is 1.12 bits per heavy atom. The number of rotatable bonds is 2. The minimum atomic E-state index is 0.469. The number of nitrogens with zero attached hydrogens (tertiary/aromatic N) is 2. The molecule has 16 heavy (non-hydrogen) atoms. The summed E-state index contributed by atoms with van der Waals surface area (Å²) in [5.74, 6) is 0. The van der Waals surface area contributed by atoms with E-state index in [1.165, 1.54) is 11.1 Å². The molecule has 0 saturated heterocycles. The minimum Gasteiger partial charge on any atom is -0.296 e. The molecule has 0 saturated carbocycles. The Balaban J connectivity index is 2.57. The molecule has 0 fully saturated rings. The van der Waals surface area contributed by atoms with Crippen LogP contribution in [0.4, 0.5) is 0 Å². The lowest BCUT2D eigenvalue weighted by molar-refractivity contribution is 0.111. The third-order valence-corrected chi connectivity index (χ3v) is 2.54. The lowest BCUT2D eigenvalue weighted by Gasteiger charge is -2.04. The lowest BCUT2D eigenvalue weighted by atomic mass is 10.0. The molecule has 0 N–H and O–H groups in total. The van der Waals surface area contributed by atoms with Crippen molar-refractivity contribution < 1.29 is 4.79 Å². The van der Waals surface area contributed by atoms with E-state index < -0.39 is 0 Å². The maximum Gasteiger partial charge on any atom is 0.170 e. The first-order valence-electron chi connectivity index (χ1n) is 5.18. The zero-order chi connectivity index (χ0) is 11.7. The Morgan fingerprint density at radius 3 is 2.25 bits per heavy atom. The highest BCUT2D eigenvalue weighted by Gasteiger charge is 2.07. The third kappa shape index (κ3) is 1.89. The van der Waals surface area contributed by atoms with Gasteiger partial charge in [0.25, 0.3) is 0 Å². The smallest absolute Gasteiger partial charge is 0.170 e. The van der Waals surface area contributed by atoms with Crippen LogP contribution in [0.1, 0.15) is 21.6 Å². The van der Waals surface area contributed by atoms with E-state index in [9.17, 15) is 4.79 Å². The van der Waals surface area contributed by atoms with Gasteiger partial charge >= 0.3 is 0 Å². The van der Waals surface area contributed by atoms with Gasteiger partial charge in [0, 0.05) is 12.6 Å². The highest BCUT2D eigenvalue weighted by Crippen LogP contribution is 2.22. The maximum absolute atomic E-state index is 10.7. The summed E-state index contributed by atoms with van der Waals surface area (Å²) in [6.45, 7) is 4.13. The topological polar surface area (TPSA) is 34.9 Å². The van der Waals surface area contributed by atoms with Crippen LogP contribution in [0.2, 0.25) is 0 Å². The summed E-state index contributed by atoms with van der Waals surface area (Å²) in [7, 11) is 1.85. The van der Waals surface area contributed by atoms with E-state index in [4.69, 9.17) is 0 Å². The summed E-state index contributed by atoms with van der Waals surface area (Å²) in [6, 6.07) is 8.12. The molecule has 3 nitrogen and oxygen atoms in total. The van der Waals surface area contributed by atoms with Crippen molar-refractivity contribution in [2.45, 2.75) is 13.8 Å². The van der Waals surface area contributed by atoms with Crippen molar-refractivity contribution in [3.63, 3.8) is 0 Å². The average Bonchev–Trinajstić information content (AvgIpc) is 2.58. The van der Waals surface area contributed by atoms with Crippen LogP contribution in [0, 0.1) is 13.8 Å². The van der Waals surface area contributed by atoms with Crippen LogP contribution in [-0.4, -0.2) is 16.1 Å². The van der Waals surface area contributed by atoms with Crippen LogP contribution in [0.5, 0.6) is 0 Å². The summed E-state index contributed by atoms with van der Waals surface area (Å²) < 4.78 is 1.73. The predicted molar refractivity (Wildman–Crippen MR) is 63.5 cm³/mol. The Morgan fingerprint density at radius 2 is 1.75 bits per heavy atom. The Labute approximate surface area is 94.7 Å².